The second-order valence-electron chi connectivity index (χ2n) is 3.24. The van der Waals surface area contributed by atoms with Crippen LogP contribution >= 0.6 is 11.6 Å². The minimum atomic E-state index is -0.249. The Balaban J connectivity index is 2.45. The number of rotatable bonds is 1. The van der Waals surface area contributed by atoms with Gasteiger partial charge in [-0.2, -0.15) is 0 Å². The van der Waals surface area contributed by atoms with Crippen LogP contribution in [0.1, 0.15) is 0 Å². The molecule has 3 heteroatoms. The molecule has 1 nitrogen and oxygen atoms in total. The Hall–Kier alpha value is -1.54. The molecule has 0 spiro atoms. The number of hydrogen-bond acceptors (Lipinski definition) is 1. The summed E-state index contributed by atoms with van der Waals surface area (Å²) in [5, 5.41) is 0.529. The molecule has 2 aromatic carbocycles. The zero-order valence-corrected chi connectivity index (χ0v) is 8.63. The third-order valence-corrected chi connectivity index (χ3v) is 2.52. The Morgan fingerprint density at radius 3 is 2.13 bits per heavy atom. The maximum atomic E-state index is 12.7. The van der Waals surface area contributed by atoms with Gasteiger partial charge in [-0.15, -0.1) is 0 Å². The largest absolute Gasteiger partial charge is 0.398 e. The smallest absolute Gasteiger partial charge is 0.123 e. The zero-order chi connectivity index (χ0) is 10.8. The van der Waals surface area contributed by atoms with E-state index in [9.17, 15) is 4.39 Å². The number of nitrogen functional groups attached to an aromatic ring is 1. The van der Waals surface area contributed by atoms with Crippen molar-refractivity contribution in [2.45, 2.75) is 0 Å². The Bertz CT molecular complexity index is 479. The van der Waals surface area contributed by atoms with Crippen molar-refractivity contribution in [2.24, 2.45) is 0 Å². The van der Waals surface area contributed by atoms with Gasteiger partial charge in [-0.3, -0.25) is 0 Å². The van der Waals surface area contributed by atoms with Crippen molar-refractivity contribution in [3.05, 3.63) is 53.3 Å². The summed E-state index contributed by atoms with van der Waals surface area (Å²) in [5.41, 5.74) is 8.05. The van der Waals surface area contributed by atoms with E-state index in [-0.39, 0.29) is 5.82 Å². The lowest BCUT2D eigenvalue weighted by atomic mass is 10.1. The van der Waals surface area contributed by atoms with Crippen molar-refractivity contribution >= 4 is 17.3 Å². The van der Waals surface area contributed by atoms with E-state index < -0.39 is 0 Å². The van der Waals surface area contributed by atoms with E-state index in [0.29, 0.717) is 10.7 Å². The van der Waals surface area contributed by atoms with E-state index >= 15 is 0 Å². The molecule has 76 valence electrons. The molecule has 0 amide bonds. The first kappa shape index (κ1) is 9.99. The molecule has 0 radical (unpaired) electrons. The predicted molar refractivity (Wildman–Crippen MR) is 61.3 cm³/mol. The van der Waals surface area contributed by atoms with Crippen molar-refractivity contribution in [2.75, 3.05) is 5.73 Å². The summed E-state index contributed by atoms with van der Waals surface area (Å²) in [5.74, 6) is -0.249. The molecule has 2 rings (SSSR count). The van der Waals surface area contributed by atoms with Gasteiger partial charge in [0.1, 0.15) is 5.82 Å². The molecule has 0 fully saturated rings. The molecule has 0 aliphatic carbocycles. The topological polar surface area (TPSA) is 26.0 Å². The van der Waals surface area contributed by atoms with Crippen LogP contribution in [-0.2, 0) is 0 Å². The highest BCUT2D eigenvalue weighted by Crippen LogP contribution is 2.26. The Morgan fingerprint density at radius 1 is 0.933 bits per heavy atom. The first-order chi connectivity index (χ1) is 7.16. The van der Waals surface area contributed by atoms with E-state index in [1.807, 2.05) is 6.07 Å². The number of hydrogen-bond donors (Lipinski definition) is 1. The first-order valence-electron chi connectivity index (χ1n) is 4.48. The minimum absolute atomic E-state index is 0.249. The van der Waals surface area contributed by atoms with Gasteiger partial charge in [0.05, 0.1) is 10.7 Å². The highest BCUT2D eigenvalue weighted by atomic mass is 35.5. The fraction of sp³-hybridized carbons (Fsp3) is 0. The van der Waals surface area contributed by atoms with E-state index in [1.165, 1.54) is 12.1 Å². The average Bonchev–Trinajstić information content (AvgIpc) is 2.23. The third-order valence-electron chi connectivity index (χ3n) is 2.17. The standard InChI is InChI=1S/C12H9ClFN/c13-11-6-3-9(7-12(11)15)8-1-4-10(14)5-2-8/h1-7H,15H2. The zero-order valence-electron chi connectivity index (χ0n) is 7.87. The summed E-state index contributed by atoms with van der Waals surface area (Å²) in [7, 11) is 0. The molecular formula is C12H9ClFN. The van der Waals surface area contributed by atoms with Crippen molar-refractivity contribution in [3.8, 4) is 11.1 Å². The Kier molecular flexibility index (Phi) is 2.60. The third kappa shape index (κ3) is 2.10. The molecule has 0 saturated heterocycles. The molecule has 0 saturated carbocycles. The summed E-state index contributed by atoms with van der Waals surface area (Å²) >= 11 is 5.81. The SMILES string of the molecule is Nc1cc(-c2ccc(F)cc2)ccc1Cl. The molecule has 2 N–H and O–H groups in total. The maximum Gasteiger partial charge on any atom is 0.123 e. The summed E-state index contributed by atoms with van der Waals surface area (Å²) in [6.07, 6.45) is 0. The average molecular weight is 222 g/mol. The highest BCUT2D eigenvalue weighted by molar-refractivity contribution is 6.33. The normalized spacial score (nSPS) is 10.3. The van der Waals surface area contributed by atoms with Gasteiger partial charge in [0.15, 0.2) is 0 Å². The molecule has 2 aromatic rings. The number of halogens is 2. The molecule has 0 aliphatic heterocycles. The van der Waals surface area contributed by atoms with Gasteiger partial charge < -0.3 is 5.73 Å². The maximum absolute atomic E-state index is 12.7. The molecule has 0 bridgehead atoms. The lowest BCUT2D eigenvalue weighted by Crippen LogP contribution is -1.87. The summed E-state index contributed by atoms with van der Waals surface area (Å²) < 4.78 is 12.7. The predicted octanol–water partition coefficient (Wildman–Crippen LogP) is 3.73. The van der Waals surface area contributed by atoms with Gasteiger partial charge in [0, 0.05) is 0 Å². The van der Waals surface area contributed by atoms with Crippen molar-refractivity contribution in [3.63, 3.8) is 0 Å². The van der Waals surface area contributed by atoms with Crippen molar-refractivity contribution < 1.29 is 4.39 Å². The van der Waals surface area contributed by atoms with E-state index in [2.05, 4.69) is 0 Å². The summed E-state index contributed by atoms with van der Waals surface area (Å²) in [4.78, 5) is 0. The lowest BCUT2D eigenvalue weighted by molar-refractivity contribution is 0.628. The first-order valence-corrected chi connectivity index (χ1v) is 4.85. The molecule has 0 aliphatic rings. The van der Waals surface area contributed by atoms with Crippen LogP contribution in [0.4, 0.5) is 10.1 Å². The molecule has 15 heavy (non-hydrogen) atoms. The monoisotopic (exact) mass is 221 g/mol. The van der Waals surface area contributed by atoms with Crippen molar-refractivity contribution in [1.29, 1.82) is 0 Å². The Morgan fingerprint density at radius 2 is 1.53 bits per heavy atom. The Labute approximate surface area is 92.3 Å². The minimum Gasteiger partial charge on any atom is -0.398 e. The molecule has 0 atom stereocenters. The molecule has 0 aromatic heterocycles. The van der Waals surface area contributed by atoms with Gasteiger partial charge in [-0.25, -0.2) is 4.39 Å². The van der Waals surface area contributed by atoms with Crippen LogP contribution in [0, 0.1) is 5.82 Å². The second kappa shape index (κ2) is 3.91. The van der Waals surface area contributed by atoms with Gasteiger partial charge in [0.2, 0.25) is 0 Å². The molecular weight excluding hydrogens is 213 g/mol. The van der Waals surface area contributed by atoms with Gasteiger partial charge in [0.25, 0.3) is 0 Å². The van der Waals surface area contributed by atoms with E-state index in [1.54, 1.807) is 24.3 Å². The highest BCUT2D eigenvalue weighted by Gasteiger charge is 2.01. The summed E-state index contributed by atoms with van der Waals surface area (Å²) in [6.45, 7) is 0. The van der Waals surface area contributed by atoms with Crippen LogP contribution in [0.25, 0.3) is 11.1 Å². The summed E-state index contributed by atoms with van der Waals surface area (Å²) in [6, 6.07) is 11.6. The number of nitrogens with two attached hydrogens (primary N) is 1. The quantitative estimate of drug-likeness (QED) is 0.730. The lowest BCUT2D eigenvalue weighted by Gasteiger charge is -2.04. The van der Waals surface area contributed by atoms with Crippen LogP contribution in [-0.4, -0.2) is 0 Å². The van der Waals surface area contributed by atoms with E-state index in [4.69, 9.17) is 17.3 Å². The molecule has 0 unspecified atom stereocenters. The van der Waals surface area contributed by atoms with Crippen LogP contribution in [0.5, 0.6) is 0 Å². The number of benzene rings is 2. The number of anilines is 1. The van der Waals surface area contributed by atoms with Gasteiger partial charge in [-0.05, 0) is 35.4 Å². The fourth-order valence-corrected chi connectivity index (χ4v) is 1.48. The fourth-order valence-electron chi connectivity index (χ4n) is 1.37. The second-order valence-corrected chi connectivity index (χ2v) is 3.65. The van der Waals surface area contributed by atoms with Crippen molar-refractivity contribution in [1.82, 2.24) is 0 Å². The van der Waals surface area contributed by atoms with Gasteiger partial charge in [-0.1, -0.05) is 29.8 Å². The van der Waals surface area contributed by atoms with Crippen LogP contribution in [0.3, 0.4) is 0 Å². The van der Waals surface area contributed by atoms with Gasteiger partial charge >= 0.3 is 0 Å². The molecule has 0 heterocycles. The van der Waals surface area contributed by atoms with Crippen LogP contribution < -0.4 is 5.73 Å². The van der Waals surface area contributed by atoms with E-state index in [0.717, 1.165) is 11.1 Å². The van der Waals surface area contributed by atoms with Crippen LogP contribution in [0.2, 0.25) is 5.02 Å². The van der Waals surface area contributed by atoms with Crippen LogP contribution in [0.15, 0.2) is 42.5 Å².